The van der Waals surface area contributed by atoms with Crippen LogP contribution in [0.4, 0.5) is 0 Å². The lowest BCUT2D eigenvalue weighted by atomic mass is 9.81. The highest BCUT2D eigenvalue weighted by Crippen LogP contribution is 2.29. The Morgan fingerprint density at radius 2 is 1.71 bits per heavy atom. The number of rotatable bonds is 9. The van der Waals surface area contributed by atoms with E-state index in [4.69, 9.17) is 4.74 Å². The molecule has 158 valence electrons. The number of hydrogen-bond donors (Lipinski definition) is 2. The number of methoxy groups -OCH3 is 1. The SMILES string of the molecule is COCCCNC(=O)C1CCC(CNS(=O)(=O)c2c(C)cc(C)cc2C)CC1. The maximum atomic E-state index is 12.8. The van der Waals surface area contributed by atoms with E-state index in [2.05, 4.69) is 10.0 Å². The predicted molar refractivity (Wildman–Crippen MR) is 111 cm³/mol. The highest BCUT2D eigenvalue weighted by atomic mass is 32.2. The van der Waals surface area contributed by atoms with Crippen molar-refractivity contribution in [1.82, 2.24) is 10.0 Å². The predicted octanol–water partition coefficient (Wildman–Crippen LogP) is 2.85. The minimum Gasteiger partial charge on any atom is -0.385 e. The zero-order valence-corrected chi connectivity index (χ0v) is 18.3. The zero-order chi connectivity index (χ0) is 20.7. The van der Waals surface area contributed by atoms with Gasteiger partial charge in [0.1, 0.15) is 0 Å². The van der Waals surface area contributed by atoms with E-state index < -0.39 is 10.0 Å². The number of aryl methyl sites for hydroxylation is 3. The van der Waals surface area contributed by atoms with Crippen molar-refractivity contribution in [3.05, 3.63) is 28.8 Å². The number of ether oxygens (including phenoxy) is 1. The van der Waals surface area contributed by atoms with Gasteiger partial charge in [-0.2, -0.15) is 0 Å². The lowest BCUT2D eigenvalue weighted by molar-refractivity contribution is -0.126. The van der Waals surface area contributed by atoms with Crippen molar-refractivity contribution in [2.75, 3.05) is 26.8 Å². The number of benzene rings is 1. The summed E-state index contributed by atoms with van der Waals surface area (Å²) in [6.07, 6.45) is 4.17. The van der Waals surface area contributed by atoms with Crippen LogP contribution in [0.1, 0.15) is 48.8 Å². The van der Waals surface area contributed by atoms with Crippen LogP contribution >= 0.6 is 0 Å². The van der Waals surface area contributed by atoms with Gasteiger partial charge in [0.05, 0.1) is 4.90 Å². The van der Waals surface area contributed by atoms with E-state index in [1.165, 1.54) is 0 Å². The first-order valence-electron chi connectivity index (χ1n) is 10.1. The number of hydrogen-bond acceptors (Lipinski definition) is 4. The van der Waals surface area contributed by atoms with Gasteiger partial charge in [-0.1, -0.05) is 17.7 Å². The Morgan fingerprint density at radius 1 is 1.11 bits per heavy atom. The van der Waals surface area contributed by atoms with Crippen molar-refractivity contribution in [3.8, 4) is 0 Å². The molecule has 2 N–H and O–H groups in total. The smallest absolute Gasteiger partial charge is 0.241 e. The van der Waals surface area contributed by atoms with Crippen LogP contribution in [0.15, 0.2) is 17.0 Å². The standard InChI is InChI=1S/C21H34N2O4S/c1-15-12-16(2)20(17(3)13-15)28(25,26)23-14-18-6-8-19(9-7-18)21(24)22-10-5-11-27-4/h12-13,18-19,23H,5-11,14H2,1-4H3,(H,22,24). The summed E-state index contributed by atoms with van der Waals surface area (Å²) in [6.45, 7) is 7.36. The maximum Gasteiger partial charge on any atom is 0.241 e. The third-order valence-electron chi connectivity index (χ3n) is 5.48. The summed E-state index contributed by atoms with van der Waals surface area (Å²) >= 11 is 0. The van der Waals surface area contributed by atoms with E-state index in [0.717, 1.165) is 48.8 Å². The molecule has 0 saturated heterocycles. The number of sulfonamides is 1. The molecule has 0 unspecified atom stereocenters. The Balaban J connectivity index is 1.83. The molecule has 0 aromatic heterocycles. The Bertz CT molecular complexity index is 746. The lowest BCUT2D eigenvalue weighted by Crippen LogP contribution is -2.36. The van der Waals surface area contributed by atoms with Gasteiger partial charge in [-0.3, -0.25) is 4.79 Å². The molecule has 0 radical (unpaired) electrons. The van der Waals surface area contributed by atoms with Gasteiger partial charge < -0.3 is 10.1 Å². The summed E-state index contributed by atoms with van der Waals surface area (Å²) in [4.78, 5) is 12.6. The van der Waals surface area contributed by atoms with Crippen molar-refractivity contribution in [2.45, 2.75) is 57.8 Å². The van der Waals surface area contributed by atoms with Crippen molar-refractivity contribution in [1.29, 1.82) is 0 Å². The molecule has 0 aliphatic heterocycles. The third kappa shape index (κ3) is 6.29. The fraction of sp³-hybridized carbons (Fsp3) is 0.667. The normalized spacial score (nSPS) is 20.1. The minimum atomic E-state index is -3.53. The number of amides is 1. The molecule has 1 fully saturated rings. The Labute approximate surface area is 169 Å². The highest BCUT2D eigenvalue weighted by molar-refractivity contribution is 7.89. The zero-order valence-electron chi connectivity index (χ0n) is 17.5. The molecular weight excluding hydrogens is 376 g/mol. The summed E-state index contributed by atoms with van der Waals surface area (Å²) in [5.74, 6) is 0.427. The Hall–Kier alpha value is -1.44. The Morgan fingerprint density at radius 3 is 2.29 bits per heavy atom. The van der Waals surface area contributed by atoms with Gasteiger partial charge in [-0.15, -0.1) is 0 Å². The van der Waals surface area contributed by atoms with E-state index >= 15 is 0 Å². The van der Waals surface area contributed by atoms with Gasteiger partial charge in [-0.25, -0.2) is 13.1 Å². The van der Waals surface area contributed by atoms with Gasteiger partial charge in [0, 0.05) is 32.7 Å². The molecule has 1 aromatic rings. The molecule has 0 spiro atoms. The van der Waals surface area contributed by atoms with Crippen LogP contribution in [0.3, 0.4) is 0 Å². The van der Waals surface area contributed by atoms with Crippen LogP contribution in [0.2, 0.25) is 0 Å². The molecule has 7 heteroatoms. The fourth-order valence-electron chi connectivity index (χ4n) is 4.09. The van der Waals surface area contributed by atoms with E-state index in [-0.39, 0.29) is 17.7 Å². The number of carbonyl (C=O) groups excluding carboxylic acids is 1. The first-order chi connectivity index (χ1) is 13.2. The molecule has 0 atom stereocenters. The first-order valence-corrected chi connectivity index (χ1v) is 11.6. The first kappa shape index (κ1) is 22.8. The molecule has 2 rings (SSSR count). The van der Waals surface area contributed by atoms with Crippen LogP contribution < -0.4 is 10.0 Å². The van der Waals surface area contributed by atoms with Crippen LogP contribution in [0, 0.1) is 32.6 Å². The van der Waals surface area contributed by atoms with Crippen LogP contribution in [0.5, 0.6) is 0 Å². The highest BCUT2D eigenvalue weighted by Gasteiger charge is 2.27. The van der Waals surface area contributed by atoms with Crippen molar-refractivity contribution in [2.24, 2.45) is 11.8 Å². The van der Waals surface area contributed by atoms with Crippen molar-refractivity contribution >= 4 is 15.9 Å². The largest absolute Gasteiger partial charge is 0.385 e. The number of carbonyl (C=O) groups is 1. The summed E-state index contributed by atoms with van der Waals surface area (Å²) in [6, 6.07) is 3.80. The molecule has 1 amide bonds. The second kappa shape index (κ2) is 10.4. The molecule has 28 heavy (non-hydrogen) atoms. The van der Waals surface area contributed by atoms with Gasteiger partial charge in [-0.05, 0) is 69.9 Å². The third-order valence-corrected chi connectivity index (χ3v) is 7.21. The van der Waals surface area contributed by atoms with Gasteiger partial charge in [0.15, 0.2) is 0 Å². The van der Waals surface area contributed by atoms with Crippen LogP contribution in [0.25, 0.3) is 0 Å². The maximum absolute atomic E-state index is 12.8. The van der Waals surface area contributed by atoms with Crippen LogP contribution in [-0.2, 0) is 19.6 Å². The van der Waals surface area contributed by atoms with E-state index in [9.17, 15) is 13.2 Å². The molecule has 1 aromatic carbocycles. The average molecular weight is 411 g/mol. The summed E-state index contributed by atoms with van der Waals surface area (Å²) in [5.41, 5.74) is 2.62. The Kier molecular flexibility index (Phi) is 8.46. The van der Waals surface area contributed by atoms with Gasteiger partial charge in [0.2, 0.25) is 15.9 Å². The van der Waals surface area contributed by atoms with E-state index in [1.807, 2.05) is 32.9 Å². The molecule has 0 heterocycles. The monoisotopic (exact) mass is 410 g/mol. The topological polar surface area (TPSA) is 84.5 Å². The molecule has 1 aliphatic rings. The van der Waals surface area contributed by atoms with Gasteiger partial charge >= 0.3 is 0 Å². The number of nitrogens with one attached hydrogen (secondary N) is 2. The molecule has 1 saturated carbocycles. The average Bonchev–Trinajstić information content (AvgIpc) is 2.63. The summed E-state index contributed by atoms with van der Waals surface area (Å²) in [7, 11) is -1.87. The quantitative estimate of drug-likeness (QED) is 0.613. The van der Waals surface area contributed by atoms with Crippen LogP contribution in [-0.4, -0.2) is 41.1 Å². The second-order valence-electron chi connectivity index (χ2n) is 7.93. The van der Waals surface area contributed by atoms with Gasteiger partial charge in [0.25, 0.3) is 0 Å². The van der Waals surface area contributed by atoms with E-state index in [0.29, 0.717) is 24.6 Å². The lowest BCUT2D eigenvalue weighted by Gasteiger charge is -2.28. The molecular formula is C21H34N2O4S. The molecule has 1 aliphatic carbocycles. The second-order valence-corrected chi connectivity index (χ2v) is 9.64. The molecule has 6 nitrogen and oxygen atoms in total. The summed E-state index contributed by atoms with van der Waals surface area (Å²) < 4.78 is 33.4. The van der Waals surface area contributed by atoms with Crippen molar-refractivity contribution < 1.29 is 17.9 Å². The minimum absolute atomic E-state index is 0.0389. The molecule has 0 bridgehead atoms. The van der Waals surface area contributed by atoms with Crippen molar-refractivity contribution in [3.63, 3.8) is 0 Å². The van der Waals surface area contributed by atoms with E-state index in [1.54, 1.807) is 7.11 Å². The fourth-order valence-corrected chi connectivity index (χ4v) is 5.66. The summed E-state index contributed by atoms with van der Waals surface area (Å²) in [5, 5.41) is 2.97.